The molecule has 3 heterocycles. The standard InChI is InChI=1S/C11H13N7O/c1-6-7(2-3-12)11(19)18(17-6)10-8-9(14-4-13-8)15-5-16-10/h4-5,7H,2-3,12H2,1H3,(H,13,14,15,16). The van der Waals surface area contributed by atoms with E-state index in [1.165, 1.54) is 17.7 Å². The lowest BCUT2D eigenvalue weighted by Gasteiger charge is -2.12. The van der Waals surface area contributed by atoms with Crippen LogP contribution in [0.2, 0.25) is 0 Å². The number of hydrazone groups is 1. The highest BCUT2D eigenvalue weighted by atomic mass is 16.2. The van der Waals surface area contributed by atoms with Crippen LogP contribution < -0.4 is 10.7 Å². The molecule has 0 saturated heterocycles. The summed E-state index contributed by atoms with van der Waals surface area (Å²) in [5.74, 6) is 0.0434. The first kappa shape index (κ1) is 11.7. The Labute approximate surface area is 108 Å². The third-order valence-corrected chi connectivity index (χ3v) is 3.13. The Morgan fingerprint density at radius 1 is 1.42 bits per heavy atom. The van der Waals surface area contributed by atoms with Crippen molar-refractivity contribution < 1.29 is 4.79 Å². The summed E-state index contributed by atoms with van der Waals surface area (Å²) >= 11 is 0. The van der Waals surface area contributed by atoms with E-state index in [1.807, 2.05) is 6.92 Å². The van der Waals surface area contributed by atoms with E-state index in [0.717, 1.165) is 5.71 Å². The molecule has 0 aliphatic carbocycles. The minimum Gasteiger partial charge on any atom is -0.340 e. The molecule has 0 saturated carbocycles. The van der Waals surface area contributed by atoms with Crippen LogP contribution in [-0.4, -0.2) is 38.1 Å². The van der Waals surface area contributed by atoms with Gasteiger partial charge in [0.05, 0.1) is 12.2 Å². The van der Waals surface area contributed by atoms with E-state index in [4.69, 9.17) is 5.73 Å². The first-order valence-electron chi connectivity index (χ1n) is 5.95. The Morgan fingerprint density at radius 2 is 2.26 bits per heavy atom. The molecule has 2 aromatic heterocycles. The summed E-state index contributed by atoms with van der Waals surface area (Å²) in [5.41, 5.74) is 7.38. The summed E-state index contributed by atoms with van der Waals surface area (Å²) in [4.78, 5) is 27.4. The van der Waals surface area contributed by atoms with Crippen LogP contribution in [-0.2, 0) is 4.79 Å². The van der Waals surface area contributed by atoms with Gasteiger partial charge in [0.25, 0.3) is 5.91 Å². The number of nitrogens with two attached hydrogens (primary N) is 1. The summed E-state index contributed by atoms with van der Waals surface area (Å²) < 4.78 is 0. The zero-order chi connectivity index (χ0) is 13.4. The Hall–Kier alpha value is -2.35. The van der Waals surface area contributed by atoms with Crippen molar-refractivity contribution in [2.75, 3.05) is 11.6 Å². The number of amides is 1. The molecule has 1 unspecified atom stereocenters. The lowest BCUT2D eigenvalue weighted by molar-refractivity contribution is -0.119. The normalized spacial score (nSPS) is 19.3. The molecular weight excluding hydrogens is 246 g/mol. The fourth-order valence-corrected chi connectivity index (χ4v) is 2.17. The highest BCUT2D eigenvalue weighted by molar-refractivity contribution is 6.15. The Balaban J connectivity index is 2.04. The van der Waals surface area contributed by atoms with Gasteiger partial charge in [-0.15, -0.1) is 0 Å². The SMILES string of the molecule is CC1=NN(c2ncnc3nc[nH]c23)C(=O)C1CCN. The molecule has 1 atom stereocenters. The fourth-order valence-electron chi connectivity index (χ4n) is 2.17. The Bertz CT molecular complexity index is 662. The van der Waals surface area contributed by atoms with Gasteiger partial charge in [0.15, 0.2) is 11.5 Å². The van der Waals surface area contributed by atoms with Crippen molar-refractivity contribution in [1.82, 2.24) is 19.9 Å². The molecule has 19 heavy (non-hydrogen) atoms. The number of H-pyrrole nitrogens is 1. The fraction of sp³-hybridized carbons (Fsp3) is 0.364. The number of fused-ring (bicyclic) bond motifs is 1. The largest absolute Gasteiger partial charge is 0.340 e. The first-order valence-corrected chi connectivity index (χ1v) is 5.95. The zero-order valence-corrected chi connectivity index (χ0v) is 10.4. The van der Waals surface area contributed by atoms with E-state index in [9.17, 15) is 4.79 Å². The number of nitrogens with zero attached hydrogens (tertiary/aromatic N) is 5. The number of aromatic amines is 1. The maximum atomic E-state index is 12.3. The van der Waals surface area contributed by atoms with Gasteiger partial charge in [-0.1, -0.05) is 0 Å². The van der Waals surface area contributed by atoms with Crippen LogP contribution >= 0.6 is 0 Å². The third kappa shape index (κ3) is 1.76. The lowest BCUT2D eigenvalue weighted by atomic mass is 10.0. The molecule has 0 aromatic carbocycles. The molecule has 98 valence electrons. The van der Waals surface area contributed by atoms with E-state index >= 15 is 0 Å². The van der Waals surface area contributed by atoms with Gasteiger partial charge in [0.2, 0.25) is 0 Å². The molecular formula is C11H13N7O. The summed E-state index contributed by atoms with van der Waals surface area (Å²) in [5, 5.41) is 5.58. The molecule has 1 aliphatic heterocycles. The quantitative estimate of drug-likeness (QED) is 0.808. The number of anilines is 1. The molecule has 2 aromatic rings. The van der Waals surface area contributed by atoms with Gasteiger partial charge in [-0.3, -0.25) is 4.79 Å². The molecule has 3 rings (SSSR count). The summed E-state index contributed by atoms with van der Waals surface area (Å²) in [6, 6.07) is 0. The lowest BCUT2D eigenvalue weighted by Crippen LogP contribution is -2.29. The smallest absolute Gasteiger partial charge is 0.257 e. The molecule has 0 fully saturated rings. The van der Waals surface area contributed by atoms with Crippen molar-refractivity contribution in [2.24, 2.45) is 16.8 Å². The van der Waals surface area contributed by atoms with Crippen molar-refractivity contribution >= 4 is 28.6 Å². The average Bonchev–Trinajstić information content (AvgIpc) is 2.98. The second-order valence-corrected chi connectivity index (χ2v) is 4.32. The topological polar surface area (TPSA) is 113 Å². The first-order chi connectivity index (χ1) is 9.22. The molecule has 1 amide bonds. The summed E-state index contributed by atoms with van der Waals surface area (Å²) in [7, 11) is 0. The van der Waals surface area contributed by atoms with Crippen molar-refractivity contribution in [3.8, 4) is 0 Å². The van der Waals surface area contributed by atoms with Gasteiger partial charge >= 0.3 is 0 Å². The van der Waals surface area contributed by atoms with Crippen LogP contribution in [0, 0.1) is 5.92 Å². The van der Waals surface area contributed by atoms with Crippen LogP contribution in [0.3, 0.4) is 0 Å². The number of rotatable bonds is 3. The Morgan fingerprint density at radius 3 is 3.05 bits per heavy atom. The Kier molecular flexibility index (Phi) is 2.71. The molecule has 0 bridgehead atoms. The van der Waals surface area contributed by atoms with Gasteiger partial charge in [0.1, 0.15) is 11.8 Å². The number of aromatic nitrogens is 4. The molecule has 1 aliphatic rings. The number of nitrogens with one attached hydrogen (secondary N) is 1. The van der Waals surface area contributed by atoms with Crippen LogP contribution in [0.15, 0.2) is 17.8 Å². The zero-order valence-electron chi connectivity index (χ0n) is 10.4. The highest BCUT2D eigenvalue weighted by Crippen LogP contribution is 2.27. The second-order valence-electron chi connectivity index (χ2n) is 4.32. The van der Waals surface area contributed by atoms with Gasteiger partial charge in [-0.25, -0.2) is 15.0 Å². The molecule has 8 nitrogen and oxygen atoms in total. The monoisotopic (exact) mass is 259 g/mol. The van der Waals surface area contributed by atoms with E-state index in [1.54, 1.807) is 0 Å². The minimum absolute atomic E-state index is 0.113. The van der Waals surface area contributed by atoms with E-state index < -0.39 is 0 Å². The van der Waals surface area contributed by atoms with Crippen LogP contribution in [0.5, 0.6) is 0 Å². The van der Waals surface area contributed by atoms with Crippen molar-refractivity contribution in [3.05, 3.63) is 12.7 Å². The maximum absolute atomic E-state index is 12.3. The van der Waals surface area contributed by atoms with E-state index in [-0.39, 0.29) is 11.8 Å². The van der Waals surface area contributed by atoms with Gasteiger partial charge in [-0.05, 0) is 19.9 Å². The number of carbonyl (C=O) groups is 1. The number of imidazole rings is 1. The molecule has 0 spiro atoms. The van der Waals surface area contributed by atoms with Crippen molar-refractivity contribution in [2.45, 2.75) is 13.3 Å². The maximum Gasteiger partial charge on any atom is 0.257 e. The summed E-state index contributed by atoms with van der Waals surface area (Å²) in [6.07, 6.45) is 3.46. The van der Waals surface area contributed by atoms with E-state index in [0.29, 0.717) is 29.9 Å². The second kappa shape index (κ2) is 4.39. The predicted molar refractivity (Wildman–Crippen MR) is 69.4 cm³/mol. The van der Waals surface area contributed by atoms with Gasteiger partial charge < -0.3 is 10.7 Å². The summed E-state index contributed by atoms with van der Waals surface area (Å²) in [6.45, 7) is 2.27. The molecule has 8 heteroatoms. The molecule has 3 N–H and O–H groups in total. The van der Waals surface area contributed by atoms with Gasteiger partial charge in [-0.2, -0.15) is 10.1 Å². The van der Waals surface area contributed by atoms with Crippen LogP contribution in [0.1, 0.15) is 13.3 Å². The third-order valence-electron chi connectivity index (χ3n) is 3.13. The van der Waals surface area contributed by atoms with Crippen molar-refractivity contribution in [1.29, 1.82) is 0 Å². The van der Waals surface area contributed by atoms with E-state index in [2.05, 4.69) is 25.0 Å². The highest BCUT2D eigenvalue weighted by Gasteiger charge is 2.35. The molecule has 0 radical (unpaired) electrons. The van der Waals surface area contributed by atoms with Crippen LogP contribution in [0.4, 0.5) is 5.82 Å². The average molecular weight is 259 g/mol. The number of hydrogen-bond donors (Lipinski definition) is 2. The van der Waals surface area contributed by atoms with Gasteiger partial charge in [0, 0.05) is 5.71 Å². The van der Waals surface area contributed by atoms with Crippen molar-refractivity contribution in [3.63, 3.8) is 0 Å². The minimum atomic E-state index is -0.266. The number of hydrogen-bond acceptors (Lipinski definition) is 6. The number of carbonyl (C=O) groups excluding carboxylic acids is 1. The predicted octanol–water partition coefficient (Wildman–Crippen LogP) is 0.0404. The van der Waals surface area contributed by atoms with Crippen LogP contribution in [0.25, 0.3) is 11.2 Å².